The second kappa shape index (κ2) is 8.14. The van der Waals surface area contributed by atoms with Crippen LogP contribution in [0.1, 0.15) is 44.9 Å². The summed E-state index contributed by atoms with van der Waals surface area (Å²) in [6.45, 7) is 2.52. The molecule has 0 saturated carbocycles. The van der Waals surface area contributed by atoms with E-state index in [1.165, 1.54) is 23.2 Å². The maximum absolute atomic E-state index is 12.5. The zero-order chi connectivity index (χ0) is 20.4. The summed E-state index contributed by atoms with van der Waals surface area (Å²) in [5.74, 6) is 0.441. The van der Waals surface area contributed by atoms with Crippen LogP contribution in [-0.4, -0.2) is 33.2 Å². The fraction of sp³-hybridized carbons (Fsp3) is 0.211. The predicted octanol–water partition coefficient (Wildman–Crippen LogP) is 2.75. The zero-order valence-corrected chi connectivity index (χ0v) is 17.0. The number of hydrogen-bond acceptors (Lipinski definition) is 8. The molecular weight excluding hydrogens is 410 g/mol. The monoisotopic (exact) mass is 427 g/mol. The van der Waals surface area contributed by atoms with Crippen LogP contribution < -0.4 is 16.4 Å². The molecule has 2 atom stereocenters. The number of carbonyl (C=O) groups is 1. The van der Waals surface area contributed by atoms with Crippen molar-refractivity contribution in [3.63, 3.8) is 0 Å². The fourth-order valence-electron chi connectivity index (χ4n) is 2.93. The third kappa shape index (κ3) is 4.06. The van der Waals surface area contributed by atoms with Gasteiger partial charge in [-0.2, -0.15) is 0 Å². The highest BCUT2D eigenvalue weighted by Crippen LogP contribution is 2.25. The van der Waals surface area contributed by atoms with Gasteiger partial charge in [-0.25, -0.2) is 15.0 Å². The smallest absolute Gasteiger partial charge is 0.272 e. The number of rotatable bonds is 5. The van der Waals surface area contributed by atoms with Crippen LogP contribution in [0.3, 0.4) is 0 Å². The fourth-order valence-corrected chi connectivity index (χ4v) is 4.00. The second-order valence-corrected chi connectivity index (χ2v) is 7.92. The third-order valence-electron chi connectivity index (χ3n) is 4.45. The van der Waals surface area contributed by atoms with Gasteiger partial charge in [-0.05, 0) is 12.5 Å². The standard InChI is InChI=1S/C19H18ClN7OS/c1-10(26-18(28)15-14(20)16(21)25-9-24-15)19-23-8-13(29-19)17-22-7-12(27-17)11-5-3-2-4-6-11/h2-6,8-10,12H,7H2,1H3,(H,22,27)(H,26,28)(H2,21,24,25). The van der Waals surface area contributed by atoms with Crippen molar-refractivity contribution in [1.29, 1.82) is 0 Å². The average Bonchev–Trinajstić information content (AvgIpc) is 3.40. The average molecular weight is 428 g/mol. The van der Waals surface area contributed by atoms with Gasteiger partial charge in [-0.3, -0.25) is 9.79 Å². The van der Waals surface area contributed by atoms with Crippen molar-refractivity contribution in [2.45, 2.75) is 19.0 Å². The lowest BCUT2D eigenvalue weighted by atomic mass is 10.1. The summed E-state index contributed by atoms with van der Waals surface area (Å²) in [5.41, 5.74) is 6.86. The molecule has 0 bridgehead atoms. The Labute approximate surface area is 176 Å². The van der Waals surface area contributed by atoms with Crippen LogP contribution in [0.15, 0.2) is 47.8 Å². The molecule has 29 heavy (non-hydrogen) atoms. The molecule has 0 saturated heterocycles. The lowest BCUT2D eigenvalue weighted by Crippen LogP contribution is -2.28. The Bertz CT molecular complexity index is 1070. The van der Waals surface area contributed by atoms with Crippen molar-refractivity contribution >= 4 is 40.5 Å². The molecule has 8 nitrogen and oxygen atoms in total. The van der Waals surface area contributed by atoms with Crippen LogP contribution in [-0.2, 0) is 0 Å². The Hall–Kier alpha value is -3.04. The number of nitrogens with one attached hydrogen (secondary N) is 2. The molecule has 2 unspecified atom stereocenters. The summed E-state index contributed by atoms with van der Waals surface area (Å²) >= 11 is 7.49. The molecule has 1 aliphatic rings. The first-order valence-corrected chi connectivity index (χ1v) is 10.1. The Kier molecular flexibility index (Phi) is 5.41. The minimum absolute atomic E-state index is 0.0356. The Morgan fingerprint density at radius 1 is 1.31 bits per heavy atom. The largest absolute Gasteiger partial charge is 0.382 e. The number of nitrogens with two attached hydrogens (primary N) is 1. The molecule has 3 aromatic rings. The number of nitrogen functional groups attached to an aromatic ring is 1. The van der Waals surface area contributed by atoms with Crippen molar-refractivity contribution in [2.24, 2.45) is 4.99 Å². The number of benzene rings is 1. The zero-order valence-electron chi connectivity index (χ0n) is 15.5. The molecule has 0 fully saturated rings. The lowest BCUT2D eigenvalue weighted by molar-refractivity contribution is 0.0935. The summed E-state index contributed by atoms with van der Waals surface area (Å²) in [7, 11) is 0. The molecule has 4 rings (SSSR count). The highest BCUT2D eigenvalue weighted by atomic mass is 35.5. The van der Waals surface area contributed by atoms with Crippen molar-refractivity contribution < 1.29 is 4.79 Å². The molecule has 3 heterocycles. The van der Waals surface area contributed by atoms with Crippen LogP contribution in [0.4, 0.5) is 5.82 Å². The molecule has 2 aromatic heterocycles. The predicted molar refractivity (Wildman–Crippen MR) is 113 cm³/mol. The molecule has 1 aromatic carbocycles. The maximum atomic E-state index is 12.5. The normalized spacial score (nSPS) is 16.8. The van der Waals surface area contributed by atoms with Gasteiger partial charge >= 0.3 is 0 Å². The minimum Gasteiger partial charge on any atom is -0.382 e. The molecule has 1 amide bonds. The van der Waals surface area contributed by atoms with Gasteiger partial charge in [0.15, 0.2) is 5.69 Å². The van der Waals surface area contributed by atoms with Gasteiger partial charge in [-0.15, -0.1) is 11.3 Å². The SMILES string of the molecule is CC(NC(=O)c1ncnc(N)c1Cl)c1ncc(C2=NCC(c3ccccc3)N2)s1. The van der Waals surface area contributed by atoms with Crippen molar-refractivity contribution in [3.8, 4) is 0 Å². The number of amides is 1. The van der Waals surface area contributed by atoms with E-state index >= 15 is 0 Å². The molecule has 0 spiro atoms. The van der Waals surface area contributed by atoms with Crippen LogP contribution in [0.25, 0.3) is 0 Å². The van der Waals surface area contributed by atoms with Gasteiger partial charge in [0.25, 0.3) is 5.91 Å². The van der Waals surface area contributed by atoms with Crippen molar-refractivity contribution in [1.82, 2.24) is 25.6 Å². The Balaban J connectivity index is 1.42. The molecule has 1 aliphatic heterocycles. The third-order valence-corrected chi connectivity index (χ3v) is 6.01. The van der Waals surface area contributed by atoms with E-state index < -0.39 is 5.91 Å². The summed E-state index contributed by atoms with van der Waals surface area (Å²) < 4.78 is 0. The van der Waals surface area contributed by atoms with Crippen LogP contribution in [0, 0.1) is 0 Å². The number of thiazole rings is 1. The topological polar surface area (TPSA) is 118 Å². The summed E-state index contributed by atoms with van der Waals surface area (Å²) in [5, 5.41) is 7.06. The number of amidine groups is 1. The van der Waals surface area contributed by atoms with Gasteiger partial charge < -0.3 is 16.4 Å². The van der Waals surface area contributed by atoms with Gasteiger partial charge in [0, 0.05) is 6.20 Å². The molecule has 148 valence electrons. The van der Waals surface area contributed by atoms with E-state index in [4.69, 9.17) is 17.3 Å². The van der Waals surface area contributed by atoms with E-state index in [9.17, 15) is 4.79 Å². The summed E-state index contributed by atoms with van der Waals surface area (Å²) in [4.78, 5) is 30.1. The van der Waals surface area contributed by atoms with E-state index in [0.29, 0.717) is 6.54 Å². The Morgan fingerprint density at radius 2 is 2.10 bits per heavy atom. The quantitative estimate of drug-likeness (QED) is 0.576. The van der Waals surface area contributed by atoms with Gasteiger partial charge in [0.05, 0.1) is 23.5 Å². The van der Waals surface area contributed by atoms with E-state index in [0.717, 1.165) is 15.7 Å². The first kappa shape index (κ1) is 19.3. The van der Waals surface area contributed by atoms with Gasteiger partial charge in [-0.1, -0.05) is 41.9 Å². The minimum atomic E-state index is -0.436. The summed E-state index contributed by atoms with van der Waals surface area (Å²) in [6.07, 6.45) is 2.97. The van der Waals surface area contributed by atoms with Crippen LogP contribution >= 0.6 is 22.9 Å². The number of anilines is 1. The highest BCUT2D eigenvalue weighted by molar-refractivity contribution is 7.13. The number of nitrogens with zero attached hydrogens (tertiary/aromatic N) is 4. The van der Waals surface area contributed by atoms with Gasteiger partial charge in [0.2, 0.25) is 0 Å². The van der Waals surface area contributed by atoms with E-state index in [2.05, 4.69) is 42.7 Å². The summed E-state index contributed by atoms with van der Waals surface area (Å²) in [6, 6.07) is 10.0. The lowest BCUT2D eigenvalue weighted by Gasteiger charge is -2.12. The Morgan fingerprint density at radius 3 is 2.90 bits per heavy atom. The van der Waals surface area contributed by atoms with Gasteiger partial charge in [0.1, 0.15) is 28.0 Å². The first-order chi connectivity index (χ1) is 14.0. The van der Waals surface area contributed by atoms with Crippen molar-refractivity contribution in [3.05, 3.63) is 69.0 Å². The first-order valence-electron chi connectivity index (χ1n) is 8.91. The van der Waals surface area contributed by atoms with E-state index in [1.807, 2.05) is 25.1 Å². The highest BCUT2D eigenvalue weighted by Gasteiger charge is 2.23. The van der Waals surface area contributed by atoms with Crippen LogP contribution in [0.2, 0.25) is 5.02 Å². The van der Waals surface area contributed by atoms with Crippen molar-refractivity contribution in [2.75, 3.05) is 12.3 Å². The molecular formula is C19H18ClN7OS. The van der Waals surface area contributed by atoms with Crippen LogP contribution in [0.5, 0.6) is 0 Å². The van der Waals surface area contributed by atoms with E-state index in [1.54, 1.807) is 6.20 Å². The number of aliphatic imine (C=N–C) groups is 1. The molecule has 4 N–H and O–H groups in total. The van der Waals surface area contributed by atoms with E-state index in [-0.39, 0.29) is 28.6 Å². The number of hydrogen-bond donors (Lipinski definition) is 3. The molecule has 0 radical (unpaired) electrons. The maximum Gasteiger partial charge on any atom is 0.272 e. The number of halogens is 1. The number of carbonyl (C=O) groups excluding carboxylic acids is 1. The number of aromatic nitrogens is 3. The second-order valence-electron chi connectivity index (χ2n) is 6.48. The molecule has 0 aliphatic carbocycles. The molecule has 10 heteroatoms.